The van der Waals surface area contributed by atoms with Gasteiger partial charge < -0.3 is 10.2 Å². The number of fused-ring (bicyclic) bond motifs is 1. The number of nitrogens with zero attached hydrogens (tertiary/aromatic N) is 1. The van der Waals surface area contributed by atoms with E-state index in [1.54, 1.807) is 0 Å². The lowest BCUT2D eigenvalue weighted by Gasteiger charge is -2.24. The Hall–Kier alpha value is -0.570. The van der Waals surface area contributed by atoms with E-state index in [-0.39, 0.29) is 0 Å². The maximum Gasteiger partial charge on any atom is 0.222 e. The fourth-order valence-electron chi connectivity index (χ4n) is 4.04. The fraction of sp³-hybridized carbons (Fsp3) is 0.933. The molecular formula is C15H26N2O. The van der Waals surface area contributed by atoms with E-state index >= 15 is 0 Å². The van der Waals surface area contributed by atoms with Gasteiger partial charge >= 0.3 is 0 Å². The van der Waals surface area contributed by atoms with E-state index in [1.165, 1.54) is 38.5 Å². The molecule has 102 valence electrons. The summed E-state index contributed by atoms with van der Waals surface area (Å²) in [5.41, 5.74) is 0. The molecule has 3 nitrogen and oxygen atoms in total. The topological polar surface area (TPSA) is 32.3 Å². The number of carbonyl (C=O) groups excluding carboxylic acids is 1. The Morgan fingerprint density at radius 2 is 1.94 bits per heavy atom. The van der Waals surface area contributed by atoms with Crippen LogP contribution < -0.4 is 5.32 Å². The molecule has 0 aromatic heterocycles. The van der Waals surface area contributed by atoms with E-state index in [9.17, 15) is 4.79 Å². The van der Waals surface area contributed by atoms with Crippen molar-refractivity contribution >= 4 is 5.91 Å². The van der Waals surface area contributed by atoms with Gasteiger partial charge in [-0.25, -0.2) is 0 Å². The van der Waals surface area contributed by atoms with Gasteiger partial charge in [0.1, 0.15) is 0 Å². The van der Waals surface area contributed by atoms with Crippen LogP contribution in [0.5, 0.6) is 0 Å². The van der Waals surface area contributed by atoms with E-state index in [4.69, 9.17) is 0 Å². The van der Waals surface area contributed by atoms with Crippen molar-refractivity contribution in [2.24, 2.45) is 11.8 Å². The molecule has 2 atom stereocenters. The van der Waals surface area contributed by atoms with Crippen LogP contribution in [0.2, 0.25) is 0 Å². The Morgan fingerprint density at radius 3 is 2.72 bits per heavy atom. The van der Waals surface area contributed by atoms with E-state index in [0.717, 1.165) is 44.3 Å². The molecule has 2 heterocycles. The molecule has 1 saturated carbocycles. The van der Waals surface area contributed by atoms with Crippen LogP contribution in [-0.4, -0.2) is 36.5 Å². The van der Waals surface area contributed by atoms with Crippen molar-refractivity contribution in [2.75, 3.05) is 19.6 Å². The van der Waals surface area contributed by atoms with Crippen molar-refractivity contribution in [1.82, 2.24) is 10.2 Å². The van der Waals surface area contributed by atoms with Crippen molar-refractivity contribution in [3.8, 4) is 0 Å². The van der Waals surface area contributed by atoms with Crippen LogP contribution in [0.15, 0.2) is 0 Å². The summed E-state index contributed by atoms with van der Waals surface area (Å²) in [7, 11) is 0. The maximum absolute atomic E-state index is 12.2. The van der Waals surface area contributed by atoms with Gasteiger partial charge in [-0.2, -0.15) is 0 Å². The molecule has 1 amide bonds. The largest absolute Gasteiger partial charge is 0.341 e. The Labute approximate surface area is 110 Å². The fourth-order valence-corrected chi connectivity index (χ4v) is 4.04. The van der Waals surface area contributed by atoms with Crippen LogP contribution in [0.25, 0.3) is 0 Å². The monoisotopic (exact) mass is 250 g/mol. The van der Waals surface area contributed by atoms with Crippen LogP contribution in [-0.2, 0) is 4.79 Å². The summed E-state index contributed by atoms with van der Waals surface area (Å²) >= 11 is 0. The smallest absolute Gasteiger partial charge is 0.222 e. The summed E-state index contributed by atoms with van der Waals surface area (Å²) in [6, 6.07) is 0.592. The molecule has 2 unspecified atom stereocenters. The third kappa shape index (κ3) is 2.71. The second-order valence-corrected chi connectivity index (χ2v) is 6.45. The van der Waals surface area contributed by atoms with Gasteiger partial charge in [0.25, 0.3) is 0 Å². The molecule has 0 bridgehead atoms. The highest BCUT2D eigenvalue weighted by Gasteiger charge is 2.36. The standard InChI is InChI=1S/C15H26N2O/c18-15(8-7-12-4-1-2-5-12)17-10-13-6-3-9-16-14(13)11-17/h12-14,16H,1-11H2. The zero-order valence-electron chi connectivity index (χ0n) is 11.4. The lowest BCUT2D eigenvalue weighted by Crippen LogP contribution is -2.41. The van der Waals surface area contributed by atoms with E-state index in [0.29, 0.717) is 11.9 Å². The zero-order valence-corrected chi connectivity index (χ0v) is 11.4. The molecule has 3 heteroatoms. The second-order valence-electron chi connectivity index (χ2n) is 6.45. The Bertz CT molecular complexity index is 285. The minimum absolute atomic E-state index is 0.415. The SMILES string of the molecule is O=C(CCC1CCCC1)N1CC2CCCNC2C1. The predicted octanol–water partition coefficient (Wildman–Crippen LogP) is 2.17. The van der Waals surface area contributed by atoms with Crippen LogP contribution in [0.1, 0.15) is 51.4 Å². The number of hydrogen-bond donors (Lipinski definition) is 1. The van der Waals surface area contributed by atoms with Crippen molar-refractivity contribution in [1.29, 1.82) is 0 Å². The van der Waals surface area contributed by atoms with E-state index in [2.05, 4.69) is 10.2 Å². The second kappa shape index (κ2) is 5.60. The minimum Gasteiger partial charge on any atom is -0.341 e. The first kappa shape index (κ1) is 12.5. The first-order chi connectivity index (χ1) is 8.83. The molecule has 0 aromatic rings. The summed E-state index contributed by atoms with van der Waals surface area (Å²) in [6.07, 6.45) is 10.0. The molecule has 3 rings (SSSR count). The highest BCUT2D eigenvalue weighted by atomic mass is 16.2. The normalized spacial score (nSPS) is 32.8. The maximum atomic E-state index is 12.2. The Balaban J connectivity index is 1.45. The van der Waals surface area contributed by atoms with Gasteiger partial charge in [-0.3, -0.25) is 4.79 Å². The summed E-state index contributed by atoms with van der Waals surface area (Å²) in [4.78, 5) is 14.4. The van der Waals surface area contributed by atoms with Gasteiger partial charge in [0, 0.05) is 25.6 Å². The third-order valence-corrected chi connectivity index (χ3v) is 5.19. The molecule has 18 heavy (non-hydrogen) atoms. The molecule has 3 aliphatic rings. The molecule has 0 radical (unpaired) electrons. The quantitative estimate of drug-likeness (QED) is 0.832. The predicted molar refractivity (Wildman–Crippen MR) is 72.3 cm³/mol. The lowest BCUT2D eigenvalue weighted by atomic mass is 9.94. The molecule has 2 aliphatic heterocycles. The van der Waals surface area contributed by atoms with Gasteiger partial charge in [0.15, 0.2) is 0 Å². The van der Waals surface area contributed by atoms with Crippen molar-refractivity contribution in [3.63, 3.8) is 0 Å². The first-order valence-electron chi connectivity index (χ1n) is 7.84. The molecular weight excluding hydrogens is 224 g/mol. The summed E-state index contributed by atoms with van der Waals surface area (Å²) in [6.45, 7) is 3.13. The lowest BCUT2D eigenvalue weighted by molar-refractivity contribution is -0.130. The number of piperidine rings is 1. The van der Waals surface area contributed by atoms with Gasteiger partial charge in [-0.15, -0.1) is 0 Å². The minimum atomic E-state index is 0.415. The van der Waals surface area contributed by atoms with E-state index < -0.39 is 0 Å². The highest BCUT2D eigenvalue weighted by Crippen LogP contribution is 2.30. The van der Waals surface area contributed by atoms with Crippen molar-refractivity contribution in [2.45, 2.75) is 57.4 Å². The number of rotatable bonds is 3. The number of amides is 1. The molecule has 2 saturated heterocycles. The average Bonchev–Trinajstić information content (AvgIpc) is 3.04. The first-order valence-corrected chi connectivity index (χ1v) is 7.84. The zero-order chi connectivity index (χ0) is 12.4. The van der Waals surface area contributed by atoms with Crippen LogP contribution in [0, 0.1) is 11.8 Å². The van der Waals surface area contributed by atoms with Gasteiger partial charge in [-0.1, -0.05) is 25.7 Å². The molecule has 3 fully saturated rings. The van der Waals surface area contributed by atoms with Crippen LogP contribution in [0.3, 0.4) is 0 Å². The molecule has 1 N–H and O–H groups in total. The Morgan fingerprint density at radius 1 is 1.11 bits per heavy atom. The number of likely N-dealkylation sites (tertiary alicyclic amines) is 1. The summed E-state index contributed by atoms with van der Waals surface area (Å²) < 4.78 is 0. The van der Waals surface area contributed by atoms with Crippen LogP contribution in [0.4, 0.5) is 0 Å². The number of carbonyl (C=O) groups is 1. The highest BCUT2D eigenvalue weighted by molar-refractivity contribution is 5.76. The van der Waals surface area contributed by atoms with Gasteiger partial charge in [0.05, 0.1) is 0 Å². The van der Waals surface area contributed by atoms with Crippen molar-refractivity contribution < 1.29 is 4.79 Å². The summed E-state index contributed by atoms with van der Waals surface area (Å²) in [5.74, 6) is 1.99. The third-order valence-electron chi connectivity index (χ3n) is 5.19. The molecule has 0 spiro atoms. The van der Waals surface area contributed by atoms with E-state index in [1.807, 2.05) is 0 Å². The Kier molecular flexibility index (Phi) is 3.88. The van der Waals surface area contributed by atoms with Crippen LogP contribution >= 0.6 is 0 Å². The number of nitrogens with one attached hydrogen (secondary N) is 1. The molecule has 1 aliphatic carbocycles. The van der Waals surface area contributed by atoms with Gasteiger partial charge in [0.2, 0.25) is 5.91 Å². The number of hydrogen-bond acceptors (Lipinski definition) is 2. The average molecular weight is 250 g/mol. The van der Waals surface area contributed by atoms with Crippen molar-refractivity contribution in [3.05, 3.63) is 0 Å². The van der Waals surface area contributed by atoms with Gasteiger partial charge in [-0.05, 0) is 37.6 Å². The summed E-state index contributed by atoms with van der Waals surface area (Å²) in [5, 5.41) is 3.57. The molecule has 0 aromatic carbocycles.